The average molecular weight is 767 g/mol. The Morgan fingerprint density at radius 1 is 0.409 bits per heavy atom. The van der Waals surface area contributed by atoms with Crippen LogP contribution in [-0.2, 0) is 85.9 Å². The first kappa shape index (κ1) is 936. The second-order valence-electron chi connectivity index (χ2n) is 0. The molecule has 22 heavy (non-hydrogen) atoms. The predicted molar refractivity (Wildman–Crippen MR) is 115 cm³/mol. The van der Waals surface area contributed by atoms with Crippen molar-refractivity contribution in [1.29, 1.82) is 0 Å². The summed E-state index contributed by atoms with van der Waals surface area (Å²) in [5.41, 5.74) is 0. The van der Waals surface area contributed by atoms with Crippen LogP contribution in [0.4, 0.5) is 0 Å². The van der Waals surface area contributed by atoms with Crippen LogP contribution in [0, 0.1) is 0 Å². The summed E-state index contributed by atoms with van der Waals surface area (Å²) in [5.74, 6) is 0. The van der Waals surface area contributed by atoms with Gasteiger partial charge in [-0.25, -0.2) is 0 Å². The molecule has 0 atom stereocenters. The van der Waals surface area contributed by atoms with Crippen LogP contribution < -0.4 is 0 Å². The van der Waals surface area contributed by atoms with Crippen molar-refractivity contribution in [2.75, 3.05) is 0 Å². The third-order valence-electron chi connectivity index (χ3n) is 0. The maximum Gasteiger partial charge on any atom is 4.00 e. The van der Waals surface area contributed by atoms with Crippen molar-refractivity contribution in [2.45, 2.75) is 111 Å². The van der Waals surface area contributed by atoms with Gasteiger partial charge < -0.3 is 0 Å². The molecule has 0 aliphatic heterocycles. The topological polar surface area (TPSA) is 0 Å². The molecular weight excluding hydrogens is 705 g/mol. The van der Waals surface area contributed by atoms with E-state index in [2.05, 4.69) is 0 Å². The molecule has 0 saturated carbocycles. The van der Waals surface area contributed by atoms with E-state index in [4.69, 9.17) is 0 Å². The van der Waals surface area contributed by atoms with Crippen molar-refractivity contribution < 1.29 is 87.4 Å². The van der Waals surface area contributed by atoms with Gasteiger partial charge in [-0.2, -0.15) is 0 Å². The molecule has 0 rings (SSSR count). The molecular formula is C15H62Cr2Cu2FeSn2+17. The van der Waals surface area contributed by atoms with Gasteiger partial charge in [-0.1, -0.05) is 111 Å². The van der Waals surface area contributed by atoms with E-state index in [0.29, 0.717) is 0 Å². The first-order chi connectivity index (χ1) is 0. The first-order valence-corrected chi connectivity index (χ1v) is 0. The fraction of sp³-hybridized carbons (Fsp3) is 1.00. The molecule has 0 bridgehead atoms. The van der Waals surface area contributed by atoms with Crippen LogP contribution in [0.5, 0.6) is 0 Å². The van der Waals surface area contributed by atoms with Crippen molar-refractivity contribution in [3.05, 3.63) is 0 Å². The van der Waals surface area contributed by atoms with Gasteiger partial charge >= 0.3 is 134 Å². The molecule has 0 unspecified atom stereocenters. The monoisotopic (exact) mass is 768 g/mol. The number of hydrogen-bond acceptors (Lipinski definition) is 0. The van der Waals surface area contributed by atoms with Crippen LogP contribution in [0.1, 0.15) is 113 Å². The minimum absolute atomic E-state index is 0. The Balaban J connectivity index is 0. The van der Waals surface area contributed by atoms with Crippen LogP contribution >= 0.6 is 0 Å². The van der Waals surface area contributed by atoms with Crippen LogP contribution in [0.2, 0.25) is 0 Å². The summed E-state index contributed by atoms with van der Waals surface area (Å²) < 4.78 is 0. The maximum absolute atomic E-state index is 0. The molecule has 0 amide bonds. The minimum Gasteiger partial charge on any atom is -0.0776 e. The molecule has 0 aliphatic carbocycles. The van der Waals surface area contributed by atoms with Gasteiger partial charge in [-0.15, -0.1) is 0 Å². The summed E-state index contributed by atoms with van der Waals surface area (Å²) in [6, 6.07) is 0. The molecule has 0 aliphatic rings. The van der Waals surface area contributed by atoms with E-state index < -0.39 is 0 Å². The summed E-state index contributed by atoms with van der Waals surface area (Å²) >= 11 is 0. The zero-order chi connectivity index (χ0) is 0. The van der Waals surface area contributed by atoms with E-state index >= 15 is 0 Å². The fourth-order valence-corrected chi connectivity index (χ4v) is 0. The smallest absolute Gasteiger partial charge is 0.0776 e. The zero-order valence-corrected chi connectivity index (χ0v) is 14.0. The van der Waals surface area contributed by atoms with Gasteiger partial charge in [0.25, 0.3) is 0 Å². The molecule has 0 aromatic heterocycles. The Morgan fingerprint density at radius 3 is 0.409 bits per heavy atom. The summed E-state index contributed by atoms with van der Waals surface area (Å²) in [6.07, 6.45) is 0. The molecule has 0 saturated heterocycles. The Labute approximate surface area is 243 Å². The number of rotatable bonds is 0. The molecule has 5 radical (unpaired) electrons. The standard InChI is InChI=1S/15CH4.2Cr.2Cu.Fe.2Sn.H2/h15*1H4;;;;;;;;1H/q;;;;;;;;;;;;;;;+2;+3;+1;+2;+3;+2;+4;. The maximum atomic E-state index is 0. The molecule has 0 N–H and O–H groups in total. The van der Waals surface area contributed by atoms with Gasteiger partial charge in [-0.3, -0.25) is 0 Å². The molecule has 0 spiro atoms. The quantitative estimate of drug-likeness (QED) is 0.216. The molecule has 0 heterocycles. The summed E-state index contributed by atoms with van der Waals surface area (Å²) in [4.78, 5) is 0. The van der Waals surface area contributed by atoms with E-state index in [1.807, 2.05) is 0 Å². The Bertz CT molecular complexity index is 39.4. The van der Waals surface area contributed by atoms with Crippen LogP contribution in [0.15, 0.2) is 0 Å². The summed E-state index contributed by atoms with van der Waals surface area (Å²) in [5, 5.41) is 0. The Kier molecular flexibility index (Phi) is 35300. The van der Waals surface area contributed by atoms with Gasteiger partial charge in [0.15, 0.2) is 0 Å². The van der Waals surface area contributed by atoms with Crippen LogP contribution in [0.25, 0.3) is 0 Å². The largest absolute Gasteiger partial charge is 4.00 e. The van der Waals surface area contributed by atoms with E-state index in [9.17, 15) is 0 Å². The third-order valence-corrected chi connectivity index (χ3v) is 0. The fourth-order valence-electron chi connectivity index (χ4n) is 0. The van der Waals surface area contributed by atoms with Gasteiger partial charge in [0.2, 0.25) is 0 Å². The van der Waals surface area contributed by atoms with E-state index in [0.717, 1.165) is 0 Å². The second kappa shape index (κ2) is 831. The Morgan fingerprint density at radius 2 is 0.409 bits per heavy atom. The third kappa shape index (κ3) is 733. The molecule has 7 heteroatoms. The number of hydrogen-bond donors (Lipinski definition) is 0. The van der Waals surface area contributed by atoms with Crippen molar-refractivity contribution in [1.82, 2.24) is 0 Å². The van der Waals surface area contributed by atoms with Gasteiger partial charge in [-0.05, 0) is 0 Å². The first-order valence-electron chi connectivity index (χ1n) is 0. The van der Waals surface area contributed by atoms with Gasteiger partial charge in [0.1, 0.15) is 0 Å². The van der Waals surface area contributed by atoms with E-state index in [-0.39, 0.29) is 247 Å². The van der Waals surface area contributed by atoms with Gasteiger partial charge in [0, 0.05) is 1.43 Å². The Hall–Kier alpha value is 4.22. The SMILES string of the molecule is C.C.C.C.C.C.C.C.C.C.C.C.C.C.C.[Cr+2].[Cr+3].[Cu+2].[Cu+].[Fe+3].[HH].[Sn+2].[Sn+4]. The summed E-state index contributed by atoms with van der Waals surface area (Å²) in [6.45, 7) is 0. The predicted octanol–water partition coefficient (Wildman–Crippen LogP) is 9.01. The van der Waals surface area contributed by atoms with Crippen molar-refractivity contribution in [3.63, 3.8) is 0 Å². The molecule has 0 nitrogen and oxygen atoms in total. The van der Waals surface area contributed by atoms with Crippen molar-refractivity contribution in [2.24, 2.45) is 0 Å². The molecule has 155 valence electrons. The normalized spacial score (nSPS) is 0. The van der Waals surface area contributed by atoms with Crippen LogP contribution in [-0.4, -0.2) is 47.8 Å². The van der Waals surface area contributed by atoms with E-state index in [1.165, 1.54) is 0 Å². The van der Waals surface area contributed by atoms with Gasteiger partial charge in [0.05, 0.1) is 0 Å². The second-order valence-corrected chi connectivity index (χ2v) is 0. The molecule has 0 aromatic carbocycles. The molecule has 0 aromatic rings. The van der Waals surface area contributed by atoms with E-state index in [1.54, 1.807) is 0 Å². The average Bonchev–Trinajstić information content (AvgIpc) is 0. The minimum atomic E-state index is 0. The van der Waals surface area contributed by atoms with Crippen molar-refractivity contribution in [3.8, 4) is 0 Å². The van der Waals surface area contributed by atoms with Crippen LogP contribution in [0.3, 0.4) is 0 Å². The van der Waals surface area contributed by atoms with Crippen molar-refractivity contribution >= 4 is 47.8 Å². The molecule has 0 fully saturated rings. The zero-order valence-electron chi connectivity index (χ0n) is 2.77. The summed E-state index contributed by atoms with van der Waals surface area (Å²) in [7, 11) is 0.